The second kappa shape index (κ2) is 1.63. The molecule has 0 N–H and O–H groups in total. The van der Waals surface area contributed by atoms with Crippen molar-refractivity contribution in [3.05, 3.63) is 21.6 Å². The molecule has 0 heterocycles. The van der Waals surface area contributed by atoms with E-state index < -0.39 is 0 Å². The highest BCUT2D eigenvalue weighted by Gasteiger charge is 2.30. The minimum absolute atomic E-state index is 1.27. The van der Waals surface area contributed by atoms with Crippen LogP contribution in [-0.2, 0) is 12.8 Å². The van der Waals surface area contributed by atoms with Gasteiger partial charge < -0.3 is 0 Å². The number of fused-ring (bicyclic) bond motifs is 2. The molecule has 5 aromatic carbocycles. The number of rotatable bonds is 0. The first-order valence-electron chi connectivity index (χ1n) is 5.60. The Balaban J connectivity index is 2.29. The molecule has 3 aliphatic rings. The van der Waals surface area contributed by atoms with Crippen molar-refractivity contribution in [2.45, 2.75) is 25.7 Å². The van der Waals surface area contributed by atoms with Crippen molar-refractivity contribution in [1.29, 1.82) is 0 Å². The minimum atomic E-state index is 1.27. The van der Waals surface area contributed by atoms with Gasteiger partial charge in [-0.25, -0.2) is 0 Å². The zero-order valence-corrected chi connectivity index (χ0v) is 7.98. The van der Waals surface area contributed by atoms with Crippen LogP contribution in [0.25, 0.3) is 33.7 Å². The Hall–Kier alpha value is -1.30. The highest BCUT2D eigenvalue weighted by Crippen LogP contribution is 2.43. The van der Waals surface area contributed by atoms with Gasteiger partial charge in [0.2, 0.25) is 0 Å². The van der Waals surface area contributed by atoms with Crippen molar-refractivity contribution in [1.82, 2.24) is 0 Å². The van der Waals surface area contributed by atoms with E-state index in [0.29, 0.717) is 0 Å². The fraction of sp³-hybridized carbons (Fsp3) is 0.286. The van der Waals surface area contributed by atoms with Crippen LogP contribution in [0.1, 0.15) is 24.0 Å². The lowest BCUT2D eigenvalue weighted by atomic mass is 9.77. The lowest BCUT2D eigenvalue weighted by Crippen LogP contribution is -2.27. The van der Waals surface area contributed by atoms with E-state index in [1.165, 1.54) is 25.7 Å². The van der Waals surface area contributed by atoms with Crippen LogP contribution in [0, 0.1) is 0 Å². The summed E-state index contributed by atoms with van der Waals surface area (Å²) in [5.74, 6) is 0. The largest absolute Gasteiger partial charge is 0.0760 e. The number of hydrogen-bond donors (Lipinski definition) is 0. The molecule has 6 bridgehead atoms. The maximum absolute atomic E-state index is 2.47. The van der Waals surface area contributed by atoms with E-state index in [9.17, 15) is 0 Å². The summed E-state index contributed by atoms with van der Waals surface area (Å²) in [4.78, 5) is 0. The van der Waals surface area contributed by atoms with E-state index in [-0.39, 0.29) is 0 Å². The third-order valence-corrected chi connectivity index (χ3v) is 4.27. The molecule has 0 heteroatoms. The van der Waals surface area contributed by atoms with Gasteiger partial charge in [-0.3, -0.25) is 0 Å². The van der Waals surface area contributed by atoms with E-state index >= 15 is 0 Å². The van der Waals surface area contributed by atoms with Crippen LogP contribution in [-0.4, -0.2) is 0 Å². The second-order valence-electron chi connectivity index (χ2n) is 4.77. The number of aryl methyl sites for hydroxylation is 2. The fourth-order valence-electron chi connectivity index (χ4n) is 3.79. The SMILES string of the molecule is C1=c2c(c3c4c5c2c=4c3=CCC5)CC1. The minimum Gasteiger partial charge on any atom is -0.0760 e. The summed E-state index contributed by atoms with van der Waals surface area (Å²) < 4.78 is 0. The molecule has 0 fully saturated rings. The zero-order valence-electron chi connectivity index (χ0n) is 7.98. The van der Waals surface area contributed by atoms with Crippen molar-refractivity contribution in [3.63, 3.8) is 0 Å². The van der Waals surface area contributed by atoms with E-state index in [0.717, 1.165) is 0 Å². The van der Waals surface area contributed by atoms with Crippen molar-refractivity contribution in [2.24, 2.45) is 0 Å². The average molecular weight is 178 g/mol. The van der Waals surface area contributed by atoms with Gasteiger partial charge in [-0.2, -0.15) is 0 Å². The Morgan fingerprint density at radius 3 is 2.29 bits per heavy atom. The normalized spacial score (nSPS) is 19.4. The Labute approximate surface area is 81.5 Å². The summed E-state index contributed by atoms with van der Waals surface area (Å²) in [6.07, 6.45) is 10.1. The van der Waals surface area contributed by atoms with Gasteiger partial charge in [0.05, 0.1) is 0 Å². The molecule has 0 unspecified atom stereocenters. The molecule has 8 rings (SSSR count). The predicted octanol–water partition coefficient (Wildman–Crippen LogP) is 1.76. The number of hydrogen-bond acceptors (Lipinski definition) is 0. The van der Waals surface area contributed by atoms with Crippen molar-refractivity contribution in [3.8, 4) is 0 Å². The first-order valence-corrected chi connectivity index (χ1v) is 5.60. The van der Waals surface area contributed by atoms with Gasteiger partial charge in [0.1, 0.15) is 0 Å². The number of benzene rings is 4. The molecule has 66 valence electrons. The standard InChI is InChI=1S/C14H10/c1-3-7-8(4-1)12-10-6-2-5-9-11(7)13(10)14(9)12/h3,6H,1-2,4-5H2. The molecule has 0 atom stereocenters. The summed E-state index contributed by atoms with van der Waals surface area (Å²) >= 11 is 0. The molecular weight excluding hydrogens is 168 g/mol. The quantitative estimate of drug-likeness (QED) is 0.492. The Morgan fingerprint density at radius 2 is 1.36 bits per heavy atom. The van der Waals surface area contributed by atoms with Gasteiger partial charge in [0.15, 0.2) is 0 Å². The van der Waals surface area contributed by atoms with Gasteiger partial charge in [0, 0.05) is 0 Å². The molecular formula is C14H10. The van der Waals surface area contributed by atoms with Crippen molar-refractivity contribution >= 4 is 33.7 Å². The summed E-state index contributed by atoms with van der Waals surface area (Å²) in [6.45, 7) is 0. The highest BCUT2D eigenvalue weighted by molar-refractivity contribution is 6.29. The molecule has 0 nitrogen and oxygen atoms in total. The molecule has 0 radical (unpaired) electrons. The predicted molar refractivity (Wildman–Crippen MR) is 59.8 cm³/mol. The van der Waals surface area contributed by atoms with Gasteiger partial charge >= 0.3 is 0 Å². The summed E-state index contributed by atoms with van der Waals surface area (Å²) in [6, 6.07) is 0. The van der Waals surface area contributed by atoms with Crippen LogP contribution in [0.5, 0.6) is 0 Å². The molecule has 0 saturated heterocycles. The van der Waals surface area contributed by atoms with Crippen LogP contribution in [0.3, 0.4) is 0 Å². The Bertz CT molecular complexity index is 761. The van der Waals surface area contributed by atoms with Gasteiger partial charge in [-0.1, -0.05) is 12.2 Å². The maximum atomic E-state index is 2.47. The Morgan fingerprint density at radius 1 is 0.643 bits per heavy atom. The van der Waals surface area contributed by atoms with E-state index in [2.05, 4.69) is 12.2 Å². The first-order chi connectivity index (χ1) is 6.97. The van der Waals surface area contributed by atoms with Gasteiger partial charge in [-0.05, 0) is 68.8 Å². The molecule has 0 aliphatic heterocycles. The zero-order chi connectivity index (χ0) is 8.86. The lowest BCUT2D eigenvalue weighted by molar-refractivity contribution is 1.07. The average Bonchev–Trinajstić information content (AvgIpc) is 2.43. The lowest BCUT2D eigenvalue weighted by Gasteiger charge is -2.26. The topological polar surface area (TPSA) is 0 Å². The summed E-state index contributed by atoms with van der Waals surface area (Å²) in [5, 5.41) is 9.88. The Kier molecular flexibility index (Phi) is 0.724. The third kappa shape index (κ3) is 0.392. The van der Waals surface area contributed by atoms with Crippen LogP contribution in [0.15, 0.2) is 0 Å². The summed E-state index contributed by atoms with van der Waals surface area (Å²) in [7, 11) is 0. The molecule has 14 heavy (non-hydrogen) atoms. The molecule has 0 aromatic heterocycles. The van der Waals surface area contributed by atoms with Gasteiger partial charge in [-0.15, -0.1) is 0 Å². The van der Waals surface area contributed by atoms with Crippen LogP contribution < -0.4 is 10.4 Å². The molecule has 0 saturated carbocycles. The fourth-order valence-corrected chi connectivity index (χ4v) is 3.79. The highest BCUT2D eigenvalue weighted by atomic mass is 14.3. The monoisotopic (exact) mass is 178 g/mol. The molecule has 0 spiro atoms. The smallest absolute Gasteiger partial charge is 0.00174 e. The van der Waals surface area contributed by atoms with Crippen molar-refractivity contribution in [2.75, 3.05) is 0 Å². The molecule has 0 amide bonds. The van der Waals surface area contributed by atoms with E-state index in [4.69, 9.17) is 0 Å². The molecule has 5 aromatic rings. The van der Waals surface area contributed by atoms with Crippen molar-refractivity contribution < 1.29 is 0 Å². The van der Waals surface area contributed by atoms with Crippen LogP contribution in [0.4, 0.5) is 0 Å². The van der Waals surface area contributed by atoms with Gasteiger partial charge in [0.25, 0.3) is 0 Å². The van der Waals surface area contributed by atoms with E-state index in [1.807, 2.05) is 0 Å². The summed E-state index contributed by atoms with van der Waals surface area (Å²) in [5.41, 5.74) is 3.38. The maximum Gasteiger partial charge on any atom is -0.00174 e. The molecule has 3 aliphatic carbocycles. The van der Waals surface area contributed by atoms with E-state index in [1.54, 1.807) is 43.1 Å². The second-order valence-corrected chi connectivity index (χ2v) is 4.77. The van der Waals surface area contributed by atoms with Crippen LogP contribution in [0.2, 0.25) is 0 Å². The van der Waals surface area contributed by atoms with Crippen LogP contribution >= 0.6 is 0 Å². The third-order valence-electron chi connectivity index (χ3n) is 4.27. The first kappa shape index (κ1) is 6.23.